The number of aryl methyl sites for hydroxylation is 2. The third kappa shape index (κ3) is 1.51. The Kier molecular flexibility index (Phi) is 2.48. The summed E-state index contributed by atoms with van der Waals surface area (Å²) in [7, 11) is 0. The average Bonchev–Trinajstić information content (AvgIpc) is 2.95. The minimum absolute atomic E-state index is 0.633. The smallest absolute Gasteiger partial charge is 0.199 e. The summed E-state index contributed by atoms with van der Waals surface area (Å²) in [6.07, 6.45) is 1.80. The van der Waals surface area contributed by atoms with Gasteiger partial charge in [0.1, 0.15) is 11.2 Å². The zero-order valence-electron chi connectivity index (χ0n) is 11.1. The van der Waals surface area contributed by atoms with E-state index in [1.807, 2.05) is 10.7 Å². The Morgan fingerprint density at radius 3 is 2.75 bits per heavy atom. The van der Waals surface area contributed by atoms with E-state index in [4.69, 9.17) is 17.2 Å². The summed E-state index contributed by atoms with van der Waals surface area (Å²) in [6, 6.07) is 0. The molecular formula is C13H10N4S3. The molecule has 0 atom stereocenters. The fourth-order valence-electron chi connectivity index (χ4n) is 2.42. The van der Waals surface area contributed by atoms with Gasteiger partial charge < -0.3 is 0 Å². The molecule has 0 fully saturated rings. The van der Waals surface area contributed by atoms with Crippen molar-refractivity contribution >= 4 is 61.2 Å². The number of rotatable bonds is 0. The average molecular weight is 318 g/mol. The van der Waals surface area contributed by atoms with Crippen molar-refractivity contribution in [2.45, 2.75) is 20.8 Å². The van der Waals surface area contributed by atoms with Crippen LogP contribution in [0.5, 0.6) is 0 Å². The summed E-state index contributed by atoms with van der Waals surface area (Å²) in [5.41, 5.74) is 5.44. The molecule has 0 N–H and O–H groups in total. The quantitative estimate of drug-likeness (QED) is 0.456. The van der Waals surface area contributed by atoms with Crippen molar-refractivity contribution in [1.82, 2.24) is 18.7 Å². The Balaban J connectivity index is 2.33. The molecule has 4 aromatic rings. The van der Waals surface area contributed by atoms with Crippen molar-refractivity contribution in [3.05, 3.63) is 27.1 Å². The molecule has 0 aromatic carbocycles. The van der Waals surface area contributed by atoms with Crippen LogP contribution in [0, 0.1) is 24.7 Å². The van der Waals surface area contributed by atoms with Crippen LogP contribution in [-0.2, 0) is 0 Å². The Morgan fingerprint density at radius 1 is 1.15 bits per heavy atom. The molecule has 0 radical (unpaired) electrons. The number of hydrogen-bond acceptors (Lipinski definition) is 6. The van der Waals surface area contributed by atoms with E-state index >= 15 is 0 Å². The lowest BCUT2D eigenvalue weighted by molar-refractivity contribution is 1.17. The van der Waals surface area contributed by atoms with Crippen LogP contribution in [0.25, 0.3) is 26.1 Å². The van der Waals surface area contributed by atoms with Crippen molar-refractivity contribution in [3.63, 3.8) is 0 Å². The highest BCUT2D eigenvalue weighted by atomic mass is 32.2. The highest BCUT2D eigenvalue weighted by Crippen LogP contribution is 2.37. The zero-order chi connectivity index (χ0) is 14.0. The SMILES string of the molecule is Cc1nc2sc3c(ncn4sc(=S)nc34)c2c(C)c1C. The van der Waals surface area contributed by atoms with Gasteiger partial charge in [-0.2, -0.15) is 0 Å². The maximum Gasteiger partial charge on any atom is 0.199 e. The Bertz CT molecular complexity index is 1050. The fraction of sp³-hybridized carbons (Fsp3) is 0.231. The second kappa shape index (κ2) is 4.03. The molecule has 100 valence electrons. The summed E-state index contributed by atoms with van der Waals surface area (Å²) < 4.78 is 3.62. The number of hydrogen-bond donors (Lipinski definition) is 0. The molecule has 0 aliphatic rings. The van der Waals surface area contributed by atoms with Crippen molar-refractivity contribution < 1.29 is 0 Å². The molecule has 4 rings (SSSR count). The third-order valence-corrected chi connectivity index (χ3v) is 5.79. The van der Waals surface area contributed by atoms with Crippen LogP contribution in [0.4, 0.5) is 0 Å². The second-order valence-corrected chi connectivity index (χ2v) is 7.38. The first-order chi connectivity index (χ1) is 9.56. The maximum atomic E-state index is 5.17. The first kappa shape index (κ1) is 12.3. The molecule has 0 aliphatic carbocycles. The van der Waals surface area contributed by atoms with E-state index in [0.717, 1.165) is 31.8 Å². The van der Waals surface area contributed by atoms with Gasteiger partial charge in [0.25, 0.3) is 0 Å². The van der Waals surface area contributed by atoms with Gasteiger partial charge in [-0.1, -0.05) is 0 Å². The molecule has 4 aromatic heterocycles. The van der Waals surface area contributed by atoms with Crippen LogP contribution in [0.1, 0.15) is 16.8 Å². The maximum absolute atomic E-state index is 5.17. The lowest BCUT2D eigenvalue weighted by Gasteiger charge is -2.04. The first-order valence-electron chi connectivity index (χ1n) is 6.11. The summed E-state index contributed by atoms with van der Waals surface area (Å²) >= 11 is 8.25. The van der Waals surface area contributed by atoms with Gasteiger partial charge in [0.05, 0.1) is 10.2 Å². The summed E-state index contributed by atoms with van der Waals surface area (Å²) in [5.74, 6) is 0. The van der Waals surface area contributed by atoms with Crippen molar-refractivity contribution in [2.24, 2.45) is 0 Å². The highest BCUT2D eigenvalue weighted by Gasteiger charge is 2.16. The van der Waals surface area contributed by atoms with Gasteiger partial charge in [-0.25, -0.2) is 18.7 Å². The van der Waals surface area contributed by atoms with E-state index in [2.05, 4.69) is 23.8 Å². The van der Waals surface area contributed by atoms with E-state index in [-0.39, 0.29) is 0 Å². The van der Waals surface area contributed by atoms with Crippen molar-refractivity contribution in [3.8, 4) is 0 Å². The van der Waals surface area contributed by atoms with E-state index < -0.39 is 0 Å². The molecule has 0 saturated heterocycles. The molecule has 0 amide bonds. The predicted molar refractivity (Wildman–Crippen MR) is 86.6 cm³/mol. The van der Waals surface area contributed by atoms with Gasteiger partial charge in [0, 0.05) is 11.1 Å². The van der Waals surface area contributed by atoms with Crippen LogP contribution < -0.4 is 0 Å². The van der Waals surface area contributed by atoms with Crippen LogP contribution in [0.15, 0.2) is 6.33 Å². The number of aromatic nitrogens is 4. The van der Waals surface area contributed by atoms with E-state index in [1.54, 1.807) is 17.7 Å². The normalized spacial score (nSPS) is 11.9. The van der Waals surface area contributed by atoms with Gasteiger partial charge >= 0.3 is 0 Å². The van der Waals surface area contributed by atoms with Crippen molar-refractivity contribution in [1.29, 1.82) is 0 Å². The third-order valence-electron chi connectivity index (χ3n) is 3.69. The van der Waals surface area contributed by atoms with Gasteiger partial charge in [-0.15, -0.1) is 11.3 Å². The van der Waals surface area contributed by atoms with E-state index in [1.165, 1.54) is 22.7 Å². The Morgan fingerprint density at radius 2 is 1.95 bits per heavy atom. The number of nitrogens with zero attached hydrogens (tertiary/aromatic N) is 4. The van der Waals surface area contributed by atoms with E-state index in [0.29, 0.717) is 3.95 Å². The molecule has 0 saturated carbocycles. The van der Waals surface area contributed by atoms with Crippen molar-refractivity contribution in [2.75, 3.05) is 0 Å². The van der Waals surface area contributed by atoms with Gasteiger partial charge in [0.15, 0.2) is 9.60 Å². The van der Waals surface area contributed by atoms with Crippen LogP contribution in [0.2, 0.25) is 0 Å². The lowest BCUT2D eigenvalue weighted by Crippen LogP contribution is -1.91. The number of pyridine rings is 1. The molecular weight excluding hydrogens is 308 g/mol. The Labute approximate surface area is 127 Å². The highest BCUT2D eigenvalue weighted by molar-refractivity contribution is 7.73. The minimum Gasteiger partial charge on any atom is -0.242 e. The molecule has 4 heterocycles. The fourth-order valence-corrected chi connectivity index (χ4v) is 4.63. The summed E-state index contributed by atoms with van der Waals surface area (Å²) in [6.45, 7) is 6.29. The number of fused-ring (bicyclic) bond motifs is 5. The summed E-state index contributed by atoms with van der Waals surface area (Å²) in [4.78, 5) is 14.8. The predicted octanol–water partition coefficient (Wildman–Crippen LogP) is 4.21. The Hall–Kier alpha value is -1.44. The molecule has 0 unspecified atom stereocenters. The minimum atomic E-state index is 0.633. The standard InChI is InChI=1S/C13H10N4S3/c1-5-6(2)8-9-10(19-12(8)15-7(5)3)11-16-13(18)20-17(11)4-14-9/h4H,1-3H3. The van der Waals surface area contributed by atoms with Gasteiger partial charge in [0.2, 0.25) is 0 Å². The largest absolute Gasteiger partial charge is 0.242 e. The molecule has 0 aliphatic heterocycles. The second-order valence-electron chi connectivity index (χ2n) is 4.77. The van der Waals surface area contributed by atoms with E-state index in [9.17, 15) is 0 Å². The zero-order valence-corrected chi connectivity index (χ0v) is 13.5. The summed E-state index contributed by atoms with van der Waals surface area (Å²) in [5, 5.41) is 1.15. The van der Waals surface area contributed by atoms with Gasteiger partial charge in [-0.3, -0.25) is 0 Å². The lowest BCUT2D eigenvalue weighted by atomic mass is 10.1. The van der Waals surface area contributed by atoms with Crippen LogP contribution >= 0.6 is 35.1 Å². The number of thiophene rings is 1. The molecule has 0 bridgehead atoms. The monoisotopic (exact) mass is 318 g/mol. The molecule has 0 spiro atoms. The van der Waals surface area contributed by atoms with Crippen LogP contribution in [-0.4, -0.2) is 18.7 Å². The first-order valence-corrected chi connectivity index (χ1v) is 8.11. The van der Waals surface area contributed by atoms with Crippen LogP contribution in [0.3, 0.4) is 0 Å². The molecule has 20 heavy (non-hydrogen) atoms. The topological polar surface area (TPSA) is 43.1 Å². The molecule has 7 heteroatoms. The van der Waals surface area contributed by atoms with Gasteiger partial charge in [-0.05, 0) is 55.6 Å². The molecule has 4 nitrogen and oxygen atoms in total.